The lowest BCUT2D eigenvalue weighted by Crippen LogP contribution is -2.50. The first-order valence-electron chi connectivity index (χ1n) is 6.73. The Labute approximate surface area is 119 Å². The van der Waals surface area contributed by atoms with E-state index < -0.39 is 16.1 Å². The molecule has 1 saturated heterocycles. The van der Waals surface area contributed by atoms with Crippen LogP contribution in [-0.2, 0) is 16.4 Å². The Hall–Kier alpha value is -1.47. The summed E-state index contributed by atoms with van der Waals surface area (Å²) in [5.74, 6) is -0.0157. The highest BCUT2D eigenvalue weighted by Crippen LogP contribution is 2.21. The van der Waals surface area contributed by atoms with Crippen LogP contribution in [-0.4, -0.2) is 41.9 Å². The largest absolute Gasteiger partial charge is 0.386 e. The maximum Gasteiger partial charge on any atom is 0.215 e. The van der Waals surface area contributed by atoms with Crippen LogP contribution in [0.15, 0.2) is 24.5 Å². The summed E-state index contributed by atoms with van der Waals surface area (Å²) < 4.78 is 26.3. The van der Waals surface area contributed by atoms with Gasteiger partial charge in [0.1, 0.15) is 5.84 Å². The van der Waals surface area contributed by atoms with E-state index >= 15 is 0 Å². The van der Waals surface area contributed by atoms with E-state index in [0.29, 0.717) is 19.4 Å². The van der Waals surface area contributed by atoms with Gasteiger partial charge in [-0.05, 0) is 37.0 Å². The molecule has 0 spiro atoms. The van der Waals surface area contributed by atoms with Crippen LogP contribution in [0.2, 0.25) is 0 Å². The molecule has 0 aromatic carbocycles. The zero-order valence-corrected chi connectivity index (χ0v) is 12.1. The van der Waals surface area contributed by atoms with E-state index in [1.807, 2.05) is 12.1 Å². The van der Waals surface area contributed by atoms with Gasteiger partial charge in [-0.15, -0.1) is 0 Å². The van der Waals surface area contributed by atoms with Crippen molar-refractivity contribution >= 4 is 15.9 Å². The molecule has 1 atom stereocenters. The summed E-state index contributed by atoms with van der Waals surface area (Å²) in [6.45, 7) is 0.461. The molecule has 2 rings (SSSR count). The molecule has 7 heteroatoms. The van der Waals surface area contributed by atoms with Crippen molar-refractivity contribution in [3.8, 4) is 0 Å². The molecule has 3 N–H and O–H groups in total. The number of rotatable bonds is 5. The second-order valence-corrected chi connectivity index (χ2v) is 7.04. The average Bonchev–Trinajstić information content (AvgIpc) is 2.46. The smallest absolute Gasteiger partial charge is 0.215 e. The molecule has 20 heavy (non-hydrogen) atoms. The fourth-order valence-electron chi connectivity index (χ4n) is 2.46. The highest BCUT2D eigenvalue weighted by atomic mass is 32.2. The van der Waals surface area contributed by atoms with Crippen LogP contribution < -0.4 is 5.73 Å². The third-order valence-electron chi connectivity index (χ3n) is 3.57. The van der Waals surface area contributed by atoms with E-state index in [0.717, 1.165) is 18.4 Å². The Balaban J connectivity index is 2.06. The van der Waals surface area contributed by atoms with Crippen LogP contribution in [0.1, 0.15) is 24.8 Å². The number of piperidine rings is 1. The Kier molecular flexibility index (Phi) is 4.72. The first-order chi connectivity index (χ1) is 9.50. The van der Waals surface area contributed by atoms with Gasteiger partial charge in [0.05, 0.1) is 11.8 Å². The summed E-state index contributed by atoms with van der Waals surface area (Å²) in [7, 11) is -3.38. The standard InChI is InChI=1S/C13H20N4O2S/c14-13(15)12-3-1-2-9-17(12)20(18,19)10-6-11-4-7-16-8-5-11/h4-5,7-8,12H,1-3,6,9-10H2,(H3,14,15). The van der Waals surface area contributed by atoms with E-state index in [2.05, 4.69) is 4.98 Å². The molecule has 110 valence electrons. The molecule has 6 nitrogen and oxygen atoms in total. The monoisotopic (exact) mass is 296 g/mol. The molecule has 1 aromatic heterocycles. The summed E-state index contributed by atoms with van der Waals surface area (Å²) in [5, 5.41) is 7.56. The normalized spacial score (nSPS) is 20.7. The topological polar surface area (TPSA) is 100 Å². The molecule has 1 unspecified atom stereocenters. The average molecular weight is 296 g/mol. The first-order valence-corrected chi connectivity index (χ1v) is 8.34. The van der Waals surface area contributed by atoms with Crippen molar-refractivity contribution in [3.63, 3.8) is 0 Å². The van der Waals surface area contributed by atoms with Crippen LogP contribution >= 0.6 is 0 Å². The Bertz CT molecular complexity index is 559. The highest BCUT2D eigenvalue weighted by molar-refractivity contribution is 7.89. The van der Waals surface area contributed by atoms with Gasteiger partial charge in [0, 0.05) is 18.9 Å². The number of amidine groups is 1. The van der Waals surface area contributed by atoms with Gasteiger partial charge in [-0.1, -0.05) is 6.42 Å². The number of aromatic nitrogens is 1. The van der Waals surface area contributed by atoms with Crippen molar-refractivity contribution in [1.82, 2.24) is 9.29 Å². The van der Waals surface area contributed by atoms with Crippen LogP contribution in [0.3, 0.4) is 0 Å². The molecular formula is C13H20N4O2S. The van der Waals surface area contributed by atoms with Crippen LogP contribution in [0.4, 0.5) is 0 Å². The predicted molar refractivity (Wildman–Crippen MR) is 78.0 cm³/mol. The minimum atomic E-state index is -3.38. The first kappa shape index (κ1) is 14.9. The number of sulfonamides is 1. The zero-order chi connectivity index (χ0) is 14.6. The summed E-state index contributed by atoms with van der Waals surface area (Å²) in [5.41, 5.74) is 6.47. The van der Waals surface area contributed by atoms with Gasteiger partial charge in [0.15, 0.2) is 0 Å². The number of aryl methyl sites for hydroxylation is 1. The van der Waals surface area contributed by atoms with Crippen molar-refractivity contribution in [2.45, 2.75) is 31.7 Å². The molecule has 1 fully saturated rings. The van der Waals surface area contributed by atoms with Gasteiger partial charge in [-0.3, -0.25) is 10.4 Å². The van der Waals surface area contributed by atoms with Gasteiger partial charge in [0.25, 0.3) is 0 Å². The molecule has 0 saturated carbocycles. The molecule has 0 bridgehead atoms. The van der Waals surface area contributed by atoms with Crippen molar-refractivity contribution < 1.29 is 8.42 Å². The summed E-state index contributed by atoms with van der Waals surface area (Å²) >= 11 is 0. The van der Waals surface area contributed by atoms with Gasteiger partial charge >= 0.3 is 0 Å². The Morgan fingerprint density at radius 2 is 2.10 bits per heavy atom. The van der Waals surface area contributed by atoms with Gasteiger partial charge in [-0.25, -0.2) is 8.42 Å². The van der Waals surface area contributed by atoms with E-state index in [4.69, 9.17) is 11.1 Å². The van der Waals surface area contributed by atoms with Crippen molar-refractivity contribution in [1.29, 1.82) is 5.41 Å². The number of hydrogen-bond donors (Lipinski definition) is 2. The molecule has 0 amide bonds. The third-order valence-corrected chi connectivity index (χ3v) is 5.44. The van der Waals surface area contributed by atoms with Crippen LogP contribution in [0.25, 0.3) is 0 Å². The minimum Gasteiger partial charge on any atom is -0.386 e. The Morgan fingerprint density at radius 3 is 2.75 bits per heavy atom. The minimum absolute atomic E-state index is 0.0425. The van der Waals surface area contributed by atoms with Crippen molar-refractivity contribution in [2.24, 2.45) is 5.73 Å². The van der Waals surface area contributed by atoms with E-state index in [9.17, 15) is 8.42 Å². The number of nitrogens with two attached hydrogens (primary N) is 1. The van der Waals surface area contributed by atoms with E-state index in [1.165, 1.54) is 4.31 Å². The third kappa shape index (κ3) is 3.55. The molecule has 0 aliphatic carbocycles. The second kappa shape index (κ2) is 6.32. The molecule has 1 aliphatic heterocycles. The zero-order valence-electron chi connectivity index (χ0n) is 11.3. The number of nitrogens with zero attached hydrogens (tertiary/aromatic N) is 2. The molecule has 1 aliphatic rings. The van der Waals surface area contributed by atoms with Crippen LogP contribution in [0.5, 0.6) is 0 Å². The SMILES string of the molecule is N=C(N)C1CCCCN1S(=O)(=O)CCc1ccncc1. The number of nitrogens with one attached hydrogen (secondary N) is 1. The number of hydrogen-bond acceptors (Lipinski definition) is 4. The van der Waals surface area contributed by atoms with Gasteiger partial charge in [-0.2, -0.15) is 4.31 Å². The fraction of sp³-hybridized carbons (Fsp3) is 0.538. The van der Waals surface area contributed by atoms with Gasteiger partial charge in [0.2, 0.25) is 10.0 Å². The second-order valence-electron chi connectivity index (χ2n) is 5.00. The molecular weight excluding hydrogens is 276 g/mol. The molecule has 1 aromatic rings. The van der Waals surface area contributed by atoms with Crippen LogP contribution in [0, 0.1) is 5.41 Å². The predicted octanol–water partition coefficient (Wildman–Crippen LogP) is 0.744. The highest BCUT2D eigenvalue weighted by Gasteiger charge is 2.33. The quantitative estimate of drug-likeness (QED) is 0.618. The lowest BCUT2D eigenvalue weighted by molar-refractivity contribution is 0.303. The Morgan fingerprint density at radius 1 is 1.40 bits per heavy atom. The lowest BCUT2D eigenvalue weighted by Gasteiger charge is -2.33. The lowest BCUT2D eigenvalue weighted by atomic mass is 10.0. The summed E-state index contributed by atoms with van der Waals surface area (Å²) in [6.07, 6.45) is 6.15. The van der Waals surface area contributed by atoms with E-state index in [1.54, 1.807) is 12.4 Å². The van der Waals surface area contributed by atoms with E-state index in [-0.39, 0.29) is 11.6 Å². The number of pyridine rings is 1. The fourth-order valence-corrected chi connectivity index (χ4v) is 4.20. The molecule has 2 heterocycles. The maximum atomic E-state index is 12.4. The summed E-state index contributed by atoms with van der Waals surface area (Å²) in [4.78, 5) is 3.91. The summed E-state index contributed by atoms with van der Waals surface area (Å²) in [6, 6.07) is 3.16. The maximum absolute atomic E-state index is 12.4. The molecule has 0 radical (unpaired) electrons. The van der Waals surface area contributed by atoms with Crippen molar-refractivity contribution in [2.75, 3.05) is 12.3 Å². The van der Waals surface area contributed by atoms with Gasteiger partial charge < -0.3 is 5.73 Å². The van der Waals surface area contributed by atoms with Crippen molar-refractivity contribution in [3.05, 3.63) is 30.1 Å².